The summed E-state index contributed by atoms with van der Waals surface area (Å²) in [6.45, 7) is 8.34. The van der Waals surface area contributed by atoms with Crippen LogP contribution in [0.4, 0.5) is 0 Å². The fourth-order valence-corrected chi connectivity index (χ4v) is 2.53. The molecule has 1 aromatic heterocycles. The van der Waals surface area contributed by atoms with Crippen LogP contribution in [0.1, 0.15) is 36.2 Å². The molecule has 1 aromatic rings. The van der Waals surface area contributed by atoms with Crippen molar-refractivity contribution in [3.8, 4) is 0 Å². The van der Waals surface area contributed by atoms with E-state index in [-0.39, 0.29) is 0 Å². The number of likely N-dealkylation sites (N-methyl/N-ethyl adjacent to an activating group) is 1. The number of aryl methyl sites for hydroxylation is 2. The van der Waals surface area contributed by atoms with Crippen molar-refractivity contribution in [2.75, 3.05) is 33.4 Å². The molecule has 1 saturated heterocycles. The van der Waals surface area contributed by atoms with E-state index in [9.17, 15) is 0 Å². The van der Waals surface area contributed by atoms with Crippen molar-refractivity contribution in [2.45, 2.75) is 45.8 Å². The third kappa shape index (κ3) is 4.58. The van der Waals surface area contributed by atoms with Crippen LogP contribution in [0.25, 0.3) is 0 Å². The molecule has 114 valence electrons. The van der Waals surface area contributed by atoms with Crippen LogP contribution in [0.3, 0.4) is 0 Å². The molecule has 0 saturated carbocycles. The number of rotatable bonds is 7. The third-order valence-corrected chi connectivity index (χ3v) is 3.90. The lowest BCUT2D eigenvalue weighted by atomic mass is 10.1. The number of hydrogen-bond donors (Lipinski definition) is 1. The normalized spacial score (nSPS) is 19.7. The molecular weight excluding hydrogens is 254 g/mol. The van der Waals surface area contributed by atoms with E-state index < -0.39 is 0 Å². The highest BCUT2D eigenvalue weighted by Gasteiger charge is 2.14. The molecule has 0 amide bonds. The summed E-state index contributed by atoms with van der Waals surface area (Å²) in [7, 11) is 2.12. The Labute approximate surface area is 121 Å². The van der Waals surface area contributed by atoms with E-state index in [1.165, 1.54) is 18.4 Å². The Kier molecular flexibility index (Phi) is 6.01. The minimum Gasteiger partial charge on any atom is -0.377 e. The molecule has 2 heterocycles. The molecule has 5 heteroatoms. The van der Waals surface area contributed by atoms with Gasteiger partial charge in [-0.1, -0.05) is 0 Å². The first kappa shape index (κ1) is 15.5. The quantitative estimate of drug-likeness (QED) is 0.777. The maximum absolute atomic E-state index is 5.73. The van der Waals surface area contributed by atoms with Crippen LogP contribution in [-0.4, -0.2) is 54.6 Å². The molecule has 0 spiro atoms. The zero-order valence-corrected chi connectivity index (χ0v) is 12.9. The fraction of sp³-hybridized carbons (Fsp3) is 0.800. The van der Waals surface area contributed by atoms with Crippen LogP contribution in [0, 0.1) is 13.8 Å². The molecule has 1 atom stereocenters. The minimum absolute atomic E-state index is 0.312. The summed E-state index contributed by atoms with van der Waals surface area (Å²) >= 11 is 0. The summed E-state index contributed by atoms with van der Waals surface area (Å²) in [6.07, 6.45) is 3.92. The number of ether oxygens (including phenoxy) is 2. The molecule has 1 N–H and O–H groups in total. The van der Waals surface area contributed by atoms with E-state index in [1.807, 2.05) is 6.92 Å². The highest BCUT2D eigenvalue weighted by molar-refractivity contribution is 5.22. The first-order valence-corrected chi connectivity index (χ1v) is 7.55. The summed E-state index contributed by atoms with van der Waals surface area (Å²) in [5.74, 6) is 0. The van der Waals surface area contributed by atoms with E-state index in [0.29, 0.717) is 6.10 Å². The van der Waals surface area contributed by atoms with Gasteiger partial charge in [-0.3, -0.25) is 10.00 Å². The van der Waals surface area contributed by atoms with Gasteiger partial charge in [0, 0.05) is 31.0 Å². The second kappa shape index (κ2) is 7.76. The largest absolute Gasteiger partial charge is 0.377 e. The predicted molar refractivity (Wildman–Crippen MR) is 78.8 cm³/mol. The van der Waals surface area contributed by atoms with Gasteiger partial charge in [0.1, 0.15) is 0 Å². The summed E-state index contributed by atoms with van der Waals surface area (Å²) in [4.78, 5) is 2.27. The smallest absolute Gasteiger partial charge is 0.0808 e. The summed E-state index contributed by atoms with van der Waals surface area (Å²) < 4.78 is 11.4. The fourth-order valence-electron chi connectivity index (χ4n) is 2.53. The lowest BCUT2D eigenvalue weighted by Gasteiger charge is -2.23. The predicted octanol–water partition coefficient (Wildman–Crippen LogP) is 2.04. The van der Waals surface area contributed by atoms with Crippen LogP contribution < -0.4 is 0 Å². The van der Waals surface area contributed by atoms with Gasteiger partial charge >= 0.3 is 0 Å². The Balaban J connectivity index is 1.61. The van der Waals surface area contributed by atoms with Crippen LogP contribution in [0.15, 0.2) is 0 Å². The highest BCUT2D eigenvalue weighted by atomic mass is 16.5. The molecule has 0 aliphatic carbocycles. The second-order valence-corrected chi connectivity index (χ2v) is 5.71. The second-order valence-electron chi connectivity index (χ2n) is 5.71. The van der Waals surface area contributed by atoms with Gasteiger partial charge in [-0.05, 0) is 40.2 Å². The molecule has 1 fully saturated rings. The van der Waals surface area contributed by atoms with Crippen molar-refractivity contribution < 1.29 is 9.47 Å². The Morgan fingerprint density at radius 2 is 2.25 bits per heavy atom. The number of aromatic nitrogens is 2. The van der Waals surface area contributed by atoms with Crippen LogP contribution in [0.5, 0.6) is 0 Å². The van der Waals surface area contributed by atoms with Gasteiger partial charge in [-0.2, -0.15) is 5.10 Å². The van der Waals surface area contributed by atoms with Crippen LogP contribution in [-0.2, 0) is 16.0 Å². The van der Waals surface area contributed by atoms with Crippen molar-refractivity contribution in [1.29, 1.82) is 0 Å². The monoisotopic (exact) mass is 281 g/mol. The maximum Gasteiger partial charge on any atom is 0.0808 e. The maximum atomic E-state index is 5.73. The van der Waals surface area contributed by atoms with E-state index in [0.717, 1.165) is 50.7 Å². The van der Waals surface area contributed by atoms with E-state index in [4.69, 9.17) is 9.47 Å². The third-order valence-electron chi connectivity index (χ3n) is 3.90. The Bertz CT molecular complexity index is 380. The molecule has 0 aromatic carbocycles. The van der Waals surface area contributed by atoms with Gasteiger partial charge in [-0.15, -0.1) is 0 Å². The van der Waals surface area contributed by atoms with Gasteiger partial charge in [0.05, 0.1) is 25.0 Å². The molecule has 20 heavy (non-hydrogen) atoms. The molecule has 1 aliphatic heterocycles. The zero-order valence-electron chi connectivity index (χ0n) is 12.9. The van der Waals surface area contributed by atoms with Gasteiger partial charge in [0.25, 0.3) is 0 Å². The van der Waals surface area contributed by atoms with E-state index in [1.54, 1.807) is 0 Å². The van der Waals surface area contributed by atoms with Gasteiger partial charge < -0.3 is 9.47 Å². The highest BCUT2D eigenvalue weighted by Crippen LogP contribution is 2.13. The van der Waals surface area contributed by atoms with Gasteiger partial charge in [0.2, 0.25) is 0 Å². The SMILES string of the molecule is Cc1n[nH]c(C)c1CN(C)CCOCC1CCCCO1. The number of nitrogens with zero attached hydrogens (tertiary/aromatic N) is 2. The standard InChI is InChI=1S/C15H27N3O2/c1-12-15(13(2)17-16-12)10-18(3)7-9-19-11-14-6-4-5-8-20-14/h14H,4-11H2,1-3H3,(H,16,17). The molecule has 0 radical (unpaired) electrons. The number of aromatic amines is 1. The number of H-pyrrole nitrogens is 1. The Morgan fingerprint density at radius 1 is 1.40 bits per heavy atom. The summed E-state index contributed by atoms with van der Waals surface area (Å²) in [6, 6.07) is 0. The lowest BCUT2D eigenvalue weighted by Crippen LogP contribution is -2.28. The average Bonchev–Trinajstić information content (AvgIpc) is 2.77. The molecule has 2 rings (SSSR count). The molecule has 0 bridgehead atoms. The van der Waals surface area contributed by atoms with Crippen molar-refractivity contribution in [3.63, 3.8) is 0 Å². The Morgan fingerprint density at radius 3 is 2.90 bits per heavy atom. The number of nitrogens with one attached hydrogen (secondary N) is 1. The van der Waals surface area contributed by atoms with Gasteiger partial charge in [0.15, 0.2) is 0 Å². The minimum atomic E-state index is 0.312. The lowest BCUT2D eigenvalue weighted by molar-refractivity contribution is -0.0429. The first-order chi connectivity index (χ1) is 9.66. The average molecular weight is 281 g/mol. The number of hydrogen-bond acceptors (Lipinski definition) is 4. The van der Waals surface area contributed by atoms with Crippen molar-refractivity contribution >= 4 is 0 Å². The summed E-state index contributed by atoms with van der Waals surface area (Å²) in [5.41, 5.74) is 3.54. The van der Waals surface area contributed by atoms with E-state index in [2.05, 4.69) is 29.1 Å². The summed E-state index contributed by atoms with van der Waals surface area (Å²) in [5, 5.41) is 7.26. The van der Waals surface area contributed by atoms with Crippen LogP contribution in [0.2, 0.25) is 0 Å². The van der Waals surface area contributed by atoms with Gasteiger partial charge in [-0.25, -0.2) is 0 Å². The first-order valence-electron chi connectivity index (χ1n) is 7.55. The molecule has 5 nitrogen and oxygen atoms in total. The Hall–Kier alpha value is -0.910. The molecule has 1 aliphatic rings. The topological polar surface area (TPSA) is 50.4 Å². The van der Waals surface area contributed by atoms with Crippen molar-refractivity contribution in [1.82, 2.24) is 15.1 Å². The zero-order chi connectivity index (χ0) is 14.4. The van der Waals surface area contributed by atoms with Crippen LogP contribution >= 0.6 is 0 Å². The molecule has 1 unspecified atom stereocenters. The van der Waals surface area contributed by atoms with E-state index >= 15 is 0 Å². The van der Waals surface area contributed by atoms with Crippen molar-refractivity contribution in [2.24, 2.45) is 0 Å². The van der Waals surface area contributed by atoms with Crippen molar-refractivity contribution in [3.05, 3.63) is 17.0 Å². The molecular formula is C15H27N3O2.